The molecule has 1 aromatic rings. The van der Waals surface area contributed by atoms with Gasteiger partial charge in [0, 0.05) is 33.7 Å². The van der Waals surface area contributed by atoms with Crippen LogP contribution in [0.3, 0.4) is 0 Å². The zero-order chi connectivity index (χ0) is 16.5. The van der Waals surface area contributed by atoms with Crippen LogP contribution in [0.5, 0.6) is 0 Å². The number of rotatable bonds is 2. The number of amides is 1. The molecule has 0 bridgehead atoms. The van der Waals surface area contributed by atoms with Crippen LogP contribution in [0.15, 0.2) is 0 Å². The van der Waals surface area contributed by atoms with Crippen LogP contribution in [0, 0.1) is 6.92 Å². The summed E-state index contributed by atoms with van der Waals surface area (Å²) in [7, 11) is 3.96. The van der Waals surface area contributed by atoms with E-state index in [1.165, 1.54) is 0 Å². The molecule has 0 radical (unpaired) electrons. The quantitative estimate of drug-likeness (QED) is 0.904. The highest BCUT2D eigenvalue weighted by molar-refractivity contribution is 7.15. The van der Waals surface area contributed by atoms with Crippen LogP contribution in [-0.4, -0.2) is 55.3 Å². The zero-order valence-electron chi connectivity index (χ0n) is 14.3. The van der Waals surface area contributed by atoms with E-state index in [4.69, 9.17) is 4.74 Å². The minimum absolute atomic E-state index is 0.0187. The van der Waals surface area contributed by atoms with E-state index < -0.39 is 5.60 Å². The summed E-state index contributed by atoms with van der Waals surface area (Å²) in [6.45, 7) is 9.84. The van der Waals surface area contributed by atoms with E-state index in [0.29, 0.717) is 6.54 Å². The van der Waals surface area contributed by atoms with Crippen molar-refractivity contribution in [3.05, 3.63) is 10.6 Å². The summed E-state index contributed by atoms with van der Waals surface area (Å²) in [5.41, 5.74) is 0.500. The lowest BCUT2D eigenvalue weighted by Crippen LogP contribution is -2.50. The van der Waals surface area contributed by atoms with Gasteiger partial charge in [-0.15, -0.1) is 0 Å². The maximum atomic E-state index is 12.5. The summed E-state index contributed by atoms with van der Waals surface area (Å²) in [4.78, 5) is 22.0. The Morgan fingerprint density at radius 2 is 2.14 bits per heavy atom. The smallest absolute Gasteiger partial charge is 0.410 e. The van der Waals surface area contributed by atoms with Crippen molar-refractivity contribution in [1.82, 2.24) is 15.2 Å². The van der Waals surface area contributed by atoms with E-state index in [0.717, 1.165) is 28.8 Å². The Bertz CT molecular complexity index is 536. The fraction of sp³-hybridized carbons (Fsp3) is 0.733. The van der Waals surface area contributed by atoms with Gasteiger partial charge in [-0.2, -0.15) is 0 Å². The molecular weight excluding hydrogens is 300 g/mol. The summed E-state index contributed by atoms with van der Waals surface area (Å²) in [5.74, 6) is 0. The molecule has 1 unspecified atom stereocenters. The van der Waals surface area contributed by atoms with Gasteiger partial charge >= 0.3 is 6.09 Å². The average Bonchev–Trinajstić information content (AvgIpc) is 2.79. The monoisotopic (exact) mass is 326 g/mol. The molecule has 6 nitrogen and oxygen atoms in total. The number of nitrogens with zero attached hydrogens (tertiary/aromatic N) is 3. The van der Waals surface area contributed by atoms with Gasteiger partial charge in [0.05, 0.1) is 16.6 Å². The number of carbonyl (C=O) groups excluding carboxylic acids is 1. The fourth-order valence-corrected chi connectivity index (χ4v) is 3.47. The Hall–Kier alpha value is -1.34. The van der Waals surface area contributed by atoms with Gasteiger partial charge in [0.2, 0.25) is 0 Å². The highest BCUT2D eigenvalue weighted by Gasteiger charge is 2.33. The largest absolute Gasteiger partial charge is 0.444 e. The van der Waals surface area contributed by atoms with Crippen LogP contribution in [0.4, 0.5) is 9.93 Å². The third-order valence-corrected chi connectivity index (χ3v) is 4.80. The SMILES string of the molecule is Cc1nc(N(C)C)sc1C1CNCCN1C(=O)OC(C)(C)C. The minimum atomic E-state index is -0.482. The highest BCUT2D eigenvalue weighted by atomic mass is 32.1. The molecule has 0 spiro atoms. The molecule has 0 aromatic carbocycles. The summed E-state index contributed by atoms with van der Waals surface area (Å²) in [6, 6.07) is -0.0187. The second kappa shape index (κ2) is 6.42. The normalized spacial score (nSPS) is 19.2. The number of anilines is 1. The number of thiazole rings is 1. The van der Waals surface area contributed by atoms with Crippen molar-refractivity contribution in [2.45, 2.75) is 39.3 Å². The maximum absolute atomic E-state index is 12.5. The molecule has 1 fully saturated rings. The van der Waals surface area contributed by atoms with Crippen molar-refractivity contribution in [2.24, 2.45) is 0 Å². The maximum Gasteiger partial charge on any atom is 0.410 e. The average molecular weight is 326 g/mol. The molecule has 124 valence electrons. The predicted molar refractivity (Wildman–Crippen MR) is 89.7 cm³/mol. The second-order valence-electron chi connectivity index (χ2n) is 6.73. The van der Waals surface area contributed by atoms with Crippen molar-refractivity contribution < 1.29 is 9.53 Å². The Labute approximate surface area is 136 Å². The van der Waals surface area contributed by atoms with Crippen molar-refractivity contribution >= 4 is 22.6 Å². The van der Waals surface area contributed by atoms with Gasteiger partial charge in [0.15, 0.2) is 5.13 Å². The van der Waals surface area contributed by atoms with Gasteiger partial charge in [0.25, 0.3) is 0 Å². The molecular formula is C15H26N4O2S. The molecule has 0 aliphatic carbocycles. The molecule has 1 aromatic heterocycles. The van der Waals surface area contributed by atoms with Crippen molar-refractivity contribution in [3.63, 3.8) is 0 Å². The van der Waals surface area contributed by atoms with Gasteiger partial charge in [0.1, 0.15) is 5.60 Å². The number of piperazine rings is 1. The number of hydrogen-bond donors (Lipinski definition) is 1. The van der Waals surface area contributed by atoms with Crippen LogP contribution in [0.2, 0.25) is 0 Å². The number of carbonyl (C=O) groups is 1. The number of aryl methyl sites for hydroxylation is 1. The fourth-order valence-electron chi connectivity index (χ4n) is 2.37. The predicted octanol–water partition coefficient (Wildman–Crippen LogP) is 2.40. The molecule has 2 heterocycles. The highest BCUT2D eigenvalue weighted by Crippen LogP contribution is 2.34. The number of nitrogens with one attached hydrogen (secondary N) is 1. The van der Waals surface area contributed by atoms with Crippen LogP contribution >= 0.6 is 11.3 Å². The lowest BCUT2D eigenvalue weighted by atomic mass is 10.1. The Morgan fingerprint density at radius 3 is 2.68 bits per heavy atom. The summed E-state index contributed by atoms with van der Waals surface area (Å²) >= 11 is 1.64. The van der Waals surface area contributed by atoms with Gasteiger partial charge < -0.3 is 15.0 Å². The van der Waals surface area contributed by atoms with Crippen LogP contribution in [0.1, 0.15) is 37.4 Å². The van der Waals surface area contributed by atoms with Crippen molar-refractivity contribution in [3.8, 4) is 0 Å². The first-order valence-corrected chi connectivity index (χ1v) is 8.35. The van der Waals surface area contributed by atoms with E-state index in [-0.39, 0.29) is 12.1 Å². The van der Waals surface area contributed by atoms with Crippen LogP contribution < -0.4 is 10.2 Å². The van der Waals surface area contributed by atoms with E-state index in [1.807, 2.05) is 51.6 Å². The standard InChI is InChI=1S/C15H26N4O2S/c1-10-12(22-13(17-10)18(5)6)11-9-16-7-8-19(11)14(20)21-15(2,3)4/h11,16H,7-9H2,1-6H3. The lowest BCUT2D eigenvalue weighted by Gasteiger charge is -2.36. The van der Waals surface area contributed by atoms with Crippen molar-refractivity contribution in [2.75, 3.05) is 38.6 Å². The summed E-state index contributed by atoms with van der Waals surface area (Å²) in [5, 5.41) is 4.32. The first-order chi connectivity index (χ1) is 10.2. The summed E-state index contributed by atoms with van der Waals surface area (Å²) in [6.07, 6.45) is -0.252. The first-order valence-electron chi connectivity index (χ1n) is 7.54. The first kappa shape index (κ1) is 17.0. The van der Waals surface area contributed by atoms with E-state index in [2.05, 4.69) is 10.3 Å². The van der Waals surface area contributed by atoms with Gasteiger partial charge in [-0.25, -0.2) is 9.78 Å². The van der Waals surface area contributed by atoms with Gasteiger partial charge in [-0.3, -0.25) is 4.90 Å². The number of ether oxygens (including phenoxy) is 1. The molecule has 1 aliphatic rings. The molecule has 1 atom stereocenters. The molecule has 1 N–H and O–H groups in total. The van der Waals surface area contributed by atoms with Gasteiger partial charge in [-0.1, -0.05) is 11.3 Å². The van der Waals surface area contributed by atoms with E-state index in [9.17, 15) is 4.79 Å². The van der Waals surface area contributed by atoms with E-state index in [1.54, 1.807) is 11.3 Å². The minimum Gasteiger partial charge on any atom is -0.444 e. The zero-order valence-corrected chi connectivity index (χ0v) is 15.1. The third-order valence-electron chi connectivity index (χ3n) is 3.38. The van der Waals surface area contributed by atoms with Crippen LogP contribution in [0.25, 0.3) is 0 Å². The third kappa shape index (κ3) is 3.89. The second-order valence-corrected chi connectivity index (χ2v) is 7.74. The Balaban J connectivity index is 2.25. The van der Waals surface area contributed by atoms with Crippen LogP contribution in [-0.2, 0) is 4.74 Å². The van der Waals surface area contributed by atoms with E-state index >= 15 is 0 Å². The van der Waals surface area contributed by atoms with Crippen molar-refractivity contribution in [1.29, 1.82) is 0 Å². The Kier molecular flexibility index (Phi) is 4.97. The molecule has 1 aliphatic heterocycles. The lowest BCUT2D eigenvalue weighted by molar-refractivity contribution is 0.0121. The molecule has 0 saturated carbocycles. The van der Waals surface area contributed by atoms with Gasteiger partial charge in [-0.05, 0) is 27.7 Å². The molecule has 22 heavy (non-hydrogen) atoms. The number of aromatic nitrogens is 1. The topological polar surface area (TPSA) is 57.7 Å². The molecule has 2 rings (SSSR count). The summed E-state index contributed by atoms with van der Waals surface area (Å²) < 4.78 is 5.56. The Morgan fingerprint density at radius 1 is 1.45 bits per heavy atom. The molecule has 1 saturated heterocycles. The molecule has 1 amide bonds. The number of hydrogen-bond acceptors (Lipinski definition) is 6. The molecule has 7 heteroatoms.